The average Bonchev–Trinajstić information content (AvgIpc) is 2.48. The maximum Gasteiger partial charge on any atom is 0.205 e. The molecule has 17 heavy (non-hydrogen) atoms. The molecule has 1 aliphatic heterocycles. The van der Waals surface area contributed by atoms with Gasteiger partial charge in [-0.25, -0.2) is 8.42 Å². The van der Waals surface area contributed by atoms with Gasteiger partial charge in [-0.1, -0.05) is 0 Å². The zero-order chi connectivity index (χ0) is 12.6. The molecule has 4 nitrogen and oxygen atoms in total. The number of sulfone groups is 1. The summed E-state index contributed by atoms with van der Waals surface area (Å²) >= 11 is 0. The summed E-state index contributed by atoms with van der Waals surface area (Å²) in [5, 5.41) is 9.31. The maximum atomic E-state index is 12.1. The summed E-state index contributed by atoms with van der Waals surface area (Å²) in [6.45, 7) is 3.76. The van der Waals surface area contributed by atoms with Crippen LogP contribution in [0.15, 0.2) is 28.0 Å². The van der Waals surface area contributed by atoms with Crippen LogP contribution >= 0.6 is 0 Å². The number of aromatic hydroxyl groups is 1. The molecule has 0 saturated carbocycles. The highest BCUT2D eigenvalue weighted by molar-refractivity contribution is 7.95. The standard InChI is InChI=1S/C12H14O4S/c1-8(2)16-7-11-5-9-3-4-10(13)6-12(9)17(11,14)15/h3-6,8,13H,7H2,1-2H3. The van der Waals surface area contributed by atoms with Crippen LogP contribution in [0.2, 0.25) is 0 Å². The van der Waals surface area contributed by atoms with E-state index in [0.717, 1.165) is 0 Å². The molecule has 92 valence electrons. The summed E-state index contributed by atoms with van der Waals surface area (Å²) in [4.78, 5) is 0.395. The normalized spacial score (nSPS) is 17.0. The van der Waals surface area contributed by atoms with Crippen LogP contribution < -0.4 is 0 Å². The second-order valence-corrected chi connectivity index (χ2v) is 6.17. The van der Waals surface area contributed by atoms with Gasteiger partial charge in [0.1, 0.15) is 5.75 Å². The number of hydrogen-bond donors (Lipinski definition) is 1. The fraction of sp³-hybridized carbons (Fsp3) is 0.333. The van der Waals surface area contributed by atoms with E-state index in [4.69, 9.17) is 4.74 Å². The Bertz CT molecular complexity index is 570. The molecule has 1 aliphatic rings. The number of ether oxygens (including phenoxy) is 1. The van der Waals surface area contributed by atoms with E-state index in [2.05, 4.69) is 0 Å². The topological polar surface area (TPSA) is 63.6 Å². The molecule has 1 aromatic carbocycles. The Balaban J connectivity index is 2.36. The minimum absolute atomic E-state index is 0.0248. The van der Waals surface area contributed by atoms with Gasteiger partial charge < -0.3 is 9.84 Å². The molecule has 1 N–H and O–H groups in total. The zero-order valence-electron chi connectivity index (χ0n) is 9.67. The fourth-order valence-corrected chi connectivity index (χ4v) is 3.14. The Labute approximate surface area is 100 Å². The van der Waals surface area contributed by atoms with Gasteiger partial charge in [0.25, 0.3) is 0 Å². The molecular weight excluding hydrogens is 240 g/mol. The molecule has 0 aromatic heterocycles. The van der Waals surface area contributed by atoms with E-state index in [-0.39, 0.29) is 28.3 Å². The third-order valence-corrected chi connectivity index (χ3v) is 4.37. The van der Waals surface area contributed by atoms with E-state index in [1.807, 2.05) is 13.8 Å². The summed E-state index contributed by atoms with van der Waals surface area (Å²) in [5.41, 5.74) is 0.602. The predicted molar refractivity (Wildman–Crippen MR) is 64.4 cm³/mol. The van der Waals surface area contributed by atoms with E-state index in [0.29, 0.717) is 5.56 Å². The number of fused-ring (bicyclic) bond motifs is 1. The van der Waals surface area contributed by atoms with Crippen molar-refractivity contribution in [2.24, 2.45) is 0 Å². The quantitative estimate of drug-likeness (QED) is 0.895. The Kier molecular flexibility index (Phi) is 2.97. The molecule has 0 bridgehead atoms. The second kappa shape index (κ2) is 4.16. The lowest BCUT2D eigenvalue weighted by Crippen LogP contribution is -2.10. The van der Waals surface area contributed by atoms with Gasteiger partial charge >= 0.3 is 0 Å². The molecule has 1 aromatic rings. The number of phenolic OH excluding ortho intramolecular Hbond substituents is 1. The molecule has 0 atom stereocenters. The van der Waals surface area contributed by atoms with Crippen LogP contribution in [0.3, 0.4) is 0 Å². The molecule has 0 unspecified atom stereocenters. The van der Waals surface area contributed by atoms with Crippen LogP contribution in [0.5, 0.6) is 5.75 Å². The Hall–Kier alpha value is -1.33. The predicted octanol–water partition coefficient (Wildman–Crippen LogP) is 1.95. The van der Waals surface area contributed by atoms with Crippen LogP contribution in [-0.2, 0) is 14.6 Å². The van der Waals surface area contributed by atoms with Crippen molar-refractivity contribution in [1.82, 2.24) is 0 Å². The summed E-state index contributed by atoms with van der Waals surface area (Å²) in [7, 11) is -3.49. The van der Waals surface area contributed by atoms with Crippen molar-refractivity contribution in [1.29, 1.82) is 0 Å². The van der Waals surface area contributed by atoms with Gasteiger partial charge in [-0.15, -0.1) is 0 Å². The first-order valence-corrected chi connectivity index (χ1v) is 6.80. The average molecular weight is 254 g/mol. The fourth-order valence-electron chi connectivity index (χ4n) is 1.64. The molecular formula is C12H14O4S. The highest BCUT2D eigenvalue weighted by atomic mass is 32.2. The number of hydrogen-bond acceptors (Lipinski definition) is 4. The summed E-state index contributed by atoms with van der Waals surface area (Å²) in [5.74, 6) is -0.0493. The summed E-state index contributed by atoms with van der Waals surface area (Å²) in [6.07, 6.45) is 1.56. The first kappa shape index (κ1) is 12.1. The van der Waals surface area contributed by atoms with Crippen LogP contribution in [0.4, 0.5) is 0 Å². The van der Waals surface area contributed by atoms with Crippen molar-refractivity contribution in [2.45, 2.75) is 24.8 Å². The Morgan fingerprint density at radius 1 is 1.35 bits per heavy atom. The van der Waals surface area contributed by atoms with Crippen LogP contribution in [0.25, 0.3) is 6.08 Å². The molecule has 0 amide bonds. The largest absolute Gasteiger partial charge is 0.508 e. The SMILES string of the molecule is CC(C)OCC1=Cc2ccc(O)cc2S1(=O)=O. The summed E-state index contributed by atoms with van der Waals surface area (Å²) in [6, 6.07) is 4.32. The van der Waals surface area contributed by atoms with Gasteiger partial charge in [-0.3, -0.25) is 0 Å². The molecule has 0 aliphatic carbocycles. The smallest absolute Gasteiger partial charge is 0.205 e. The number of phenols is 1. The van der Waals surface area contributed by atoms with Gasteiger partial charge in [0.15, 0.2) is 0 Å². The van der Waals surface area contributed by atoms with Crippen LogP contribution in [0.1, 0.15) is 19.4 Å². The molecule has 0 fully saturated rings. The maximum absolute atomic E-state index is 12.1. The Morgan fingerprint density at radius 2 is 2.06 bits per heavy atom. The van der Waals surface area contributed by atoms with Crippen molar-refractivity contribution >= 4 is 15.9 Å². The number of rotatable bonds is 3. The van der Waals surface area contributed by atoms with Gasteiger partial charge in [0.05, 0.1) is 22.5 Å². The third kappa shape index (κ3) is 2.21. The van der Waals surface area contributed by atoms with Crippen molar-refractivity contribution < 1.29 is 18.3 Å². The second-order valence-electron chi connectivity index (χ2n) is 4.20. The van der Waals surface area contributed by atoms with E-state index >= 15 is 0 Å². The van der Waals surface area contributed by atoms with E-state index in [9.17, 15) is 13.5 Å². The molecule has 2 rings (SSSR count). The van der Waals surface area contributed by atoms with Crippen molar-refractivity contribution in [2.75, 3.05) is 6.61 Å². The molecule has 0 spiro atoms. The molecule has 5 heteroatoms. The molecule has 0 radical (unpaired) electrons. The van der Waals surface area contributed by atoms with Gasteiger partial charge in [0, 0.05) is 0 Å². The lowest BCUT2D eigenvalue weighted by atomic mass is 10.2. The molecule has 0 saturated heterocycles. The lowest BCUT2D eigenvalue weighted by molar-refractivity contribution is 0.101. The van der Waals surface area contributed by atoms with Gasteiger partial charge in [-0.05, 0) is 43.7 Å². The van der Waals surface area contributed by atoms with Crippen LogP contribution in [-0.4, -0.2) is 26.2 Å². The monoisotopic (exact) mass is 254 g/mol. The van der Waals surface area contributed by atoms with E-state index in [1.54, 1.807) is 12.1 Å². The van der Waals surface area contributed by atoms with Gasteiger partial charge in [0.2, 0.25) is 9.84 Å². The van der Waals surface area contributed by atoms with Crippen molar-refractivity contribution in [3.8, 4) is 5.75 Å². The highest BCUT2D eigenvalue weighted by Crippen LogP contribution is 2.34. The first-order valence-electron chi connectivity index (χ1n) is 5.31. The third-order valence-electron chi connectivity index (χ3n) is 2.51. The summed E-state index contributed by atoms with van der Waals surface area (Å²) < 4.78 is 29.5. The zero-order valence-corrected chi connectivity index (χ0v) is 10.5. The van der Waals surface area contributed by atoms with E-state index in [1.165, 1.54) is 12.1 Å². The Morgan fingerprint density at radius 3 is 2.71 bits per heavy atom. The first-order chi connectivity index (χ1) is 7.91. The van der Waals surface area contributed by atoms with Crippen LogP contribution in [0, 0.1) is 0 Å². The van der Waals surface area contributed by atoms with Crippen molar-refractivity contribution in [3.05, 3.63) is 28.7 Å². The number of benzene rings is 1. The minimum atomic E-state index is -3.49. The van der Waals surface area contributed by atoms with Crippen molar-refractivity contribution in [3.63, 3.8) is 0 Å². The molecule has 1 heterocycles. The van der Waals surface area contributed by atoms with Gasteiger partial charge in [-0.2, -0.15) is 0 Å². The van der Waals surface area contributed by atoms with E-state index < -0.39 is 9.84 Å². The highest BCUT2D eigenvalue weighted by Gasteiger charge is 2.29. The lowest BCUT2D eigenvalue weighted by Gasteiger charge is -2.08. The minimum Gasteiger partial charge on any atom is -0.508 e.